The van der Waals surface area contributed by atoms with E-state index in [9.17, 15) is 0 Å². The lowest BCUT2D eigenvalue weighted by Crippen LogP contribution is -2.05. The highest BCUT2D eigenvalue weighted by molar-refractivity contribution is 5.40. The highest BCUT2D eigenvalue weighted by Crippen LogP contribution is 2.23. The van der Waals surface area contributed by atoms with Gasteiger partial charge < -0.3 is 9.47 Å². The van der Waals surface area contributed by atoms with Crippen molar-refractivity contribution in [1.29, 1.82) is 0 Å². The minimum absolute atomic E-state index is 0.738. The molecule has 0 saturated heterocycles. The van der Waals surface area contributed by atoms with Gasteiger partial charge in [-0.2, -0.15) is 0 Å². The van der Waals surface area contributed by atoms with E-state index in [1.165, 1.54) is 22.3 Å². The van der Waals surface area contributed by atoms with Crippen LogP contribution in [0.15, 0.2) is 36.4 Å². The van der Waals surface area contributed by atoms with Gasteiger partial charge in [-0.25, -0.2) is 0 Å². The molecule has 0 aliphatic carbocycles. The maximum atomic E-state index is 5.91. The van der Waals surface area contributed by atoms with Gasteiger partial charge in [0.1, 0.15) is 11.5 Å². The number of aryl methyl sites for hydroxylation is 4. The second-order valence-electron chi connectivity index (χ2n) is 5.85. The molecule has 0 unspecified atom stereocenters. The minimum Gasteiger partial charge on any atom is -0.493 e. The lowest BCUT2D eigenvalue weighted by molar-refractivity contribution is 0.263. The lowest BCUT2D eigenvalue weighted by Gasteiger charge is -2.13. The van der Waals surface area contributed by atoms with Gasteiger partial charge >= 0.3 is 0 Å². The molecule has 0 saturated carbocycles. The van der Waals surface area contributed by atoms with Crippen molar-refractivity contribution in [2.75, 3.05) is 13.2 Å². The number of benzene rings is 2. The molecule has 0 fully saturated rings. The van der Waals surface area contributed by atoms with Gasteiger partial charge in [-0.1, -0.05) is 36.4 Å². The molecule has 0 bridgehead atoms. The fourth-order valence-electron chi connectivity index (χ4n) is 2.61. The smallest absolute Gasteiger partial charge is 0.125 e. The van der Waals surface area contributed by atoms with Gasteiger partial charge in [-0.15, -0.1) is 0 Å². The van der Waals surface area contributed by atoms with Crippen molar-refractivity contribution in [3.05, 3.63) is 58.7 Å². The van der Waals surface area contributed by atoms with E-state index in [0.717, 1.165) is 37.6 Å². The largest absolute Gasteiger partial charge is 0.493 e. The molecule has 0 atom stereocenters. The molecule has 0 aliphatic heterocycles. The van der Waals surface area contributed by atoms with Crippen molar-refractivity contribution in [3.63, 3.8) is 0 Å². The molecule has 22 heavy (non-hydrogen) atoms. The summed E-state index contributed by atoms with van der Waals surface area (Å²) in [5.74, 6) is 2.05. The normalized spacial score (nSPS) is 10.5. The van der Waals surface area contributed by atoms with Crippen LogP contribution >= 0.6 is 0 Å². The van der Waals surface area contributed by atoms with Crippen LogP contribution < -0.4 is 9.47 Å². The van der Waals surface area contributed by atoms with Crippen LogP contribution in [-0.2, 0) is 0 Å². The summed E-state index contributed by atoms with van der Waals surface area (Å²) in [5, 5.41) is 0. The predicted molar refractivity (Wildman–Crippen MR) is 92.1 cm³/mol. The first-order chi connectivity index (χ1) is 10.6. The van der Waals surface area contributed by atoms with Gasteiger partial charge in [0.15, 0.2) is 0 Å². The summed E-state index contributed by atoms with van der Waals surface area (Å²) in [6, 6.07) is 12.5. The number of ether oxygens (including phenoxy) is 2. The second-order valence-corrected chi connectivity index (χ2v) is 5.85. The Morgan fingerprint density at radius 3 is 1.23 bits per heavy atom. The van der Waals surface area contributed by atoms with E-state index in [4.69, 9.17) is 9.47 Å². The average molecular weight is 298 g/mol. The van der Waals surface area contributed by atoms with E-state index in [2.05, 4.69) is 64.1 Å². The Morgan fingerprint density at radius 1 is 0.591 bits per heavy atom. The van der Waals surface area contributed by atoms with Crippen molar-refractivity contribution in [2.45, 2.75) is 40.5 Å². The van der Waals surface area contributed by atoms with Crippen LogP contribution in [0.3, 0.4) is 0 Å². The Labute approximate surface area is 134 Å². The molecule has 0 heterocycles. The Hall–Kier alpha value is -1.96. The summed E-state index contributed by atoms with van der Waals surface area (Å²) in [7, 11) is 0. The molecule has 2 aromatic carbocycles. The molecule has 118 valence electrons. The van der Waals surface area contributed by atoms with Crippen molar-refractivity contribution in [1.82, 2.24) is 0 Å². The number of hydrogen-bond donors (Lipinski definition) is 0. The highest BCUT2D eigenvalue weighted by Gasteiger charge is 2.04. The molecule has 0 aromatic heterocycles. The summed E-state index contributed by atoms with van der Waals surface area (Å²) in [6.07, 6.45) is 2.00. The first-order valence-electron chi connectivity index (χ1n) is 7.97. The van der Waals surface area contributed by atoms with Gasteiger partial charge in [0.2, 0.25) is 0 Å². The van der Waals surface area contributed by atoms with Crippen molar-refractivity contribution in [2.24, 2.45) is 0 Å². The van der Waals surface area contributed by atoms with Crippen LogP contribution in [-0.4, -0.2) is 13.2 Å². The second kappa shape index (κ2) is 7.88. The maximum absolute atomic E-state index is 5.91. The van der Waals surface area contributed by atoms with Crippen molar-refractivity contribution in [3.8, 4) is 11.5 Å². The number of unbranched alkanes of at least 4 members (excludes halogenated alkanes) is 1. The summed E-state index contributed by atoms with van der Waals surface area (Å²) >= 11 is 0. The zero-order chi connectivity index (χ0) is 15.9. The molecule has 2 heteroatoms. The van der Waals surface area contributed by atoms with Gasteiger partial charge in [0.25, 0.3) is 0 Å². The van der Waals surface area contributed by atoms with E-state index in [1.807, 2.05) is 0 Å². The SMILES string of the molecule is Cc1cccc(C)c1OCCCCOc1c(C)cccc1C. The van der Waals surface area contributed by atoms with Gasteiger partial charge in [0.05, 0.1) is 13.2 Å². The van der Waals surface area contributed by atoms with Gasteiger partial charge in [0, 0.05) is 0 Å². The molecule has 0 amide bonds. The van der Waals surface area contributed by atoms with Crippen LogP contribution in [0.25, 0.3) is 0 Å². The van der Waals surface area contributed by atoms with Crippen molar-refractivity contribution < 1.29 is 9.47 Å². The highest BCUT2D eigenvalue weighted by atomic mass is 16.5. The molecule has 0 radical (unpaired) electrons. The molecule has 0 N–H and O–H groups in total. The molecular formula is C20H26O2. The van der Waals surface area contributed by atoms with Gasteiger partial charge in [-0.05, 0) is 62.8 Å². The van der Waals surface area contributed by atoms with Crippen LogP contribution in [0.5, 0.6) is 11.5 Å². The predicted octanol–water partition coefficient (Wildman–Crippen LogP) is 5.16. The first-order valence-corrected chi connectivity index (χ1v) is 7.97. The topological polar surface area (TPSA) is 18.5 Å². The third-order valence-corrected chi connectivity index (χ3v) is 3.85. The molecular weight excluding hydrogens is 272 g/mol. The maximum Gasteiger partial charge on any atom is 0.125 e. The number of rotatable bonds is 7. The molecule has 0 aliphatic rings. The Kier molecular flexibility index (Phi) is 5.88. The molecule has 0 spiro atoms. The van der Waals surface area contributed by atoms with E-state index in [-0.39, 0.29) is 0 Å². The molecule has 2 nitrogen and oxygen atoms in total. The summed E-state index contributed by atoms with van der Waals surface area (Å²) in [6.45, 7) is 9.83. The minimum atomic E-state index is 0.738. The average Bonchev–Trinajstić information content (AvgIpc) is 2.47. The quantitative estimate of drug-likeness (QED) is 0.657. The third-order valence-electron chi connectivity index (χ3n) is 3.85. The van der Waals surface area contributed by atoms with Crippen LogP contribution in [0.1, 0.15) is 35.1 Å². The Balaban J connectivity index is 1.72. The first kappa shape index (κ1) is 16.4. The molecule has 2 rings (SSSR count). The van der Waals surface area contributed by atoms with Crippen LogP contribution in [0.2, 0.25) is 0 Å². The summed E-state index contributed by atoms with van der Waals surface area (Å²) in [5.41, 5.74) is 4.80. The Morgan fingerprint density at radius 2 is 0.909 bits per heavy atom. The summed E-state index contributed by atoms with van der Waals surface area (Å²) < 4.78 is 11.8. The zero-order valence-corrected chi connectivity index (χ0v) is 14.1. The van der Waals surface area contributed by atoms with E-state index >= 15 is 0 Å². The van der Waals surface area contributed by atoms with Crippen LogP contribution in [0, 0.1) is 27.7 Å². The number of para-hydroxylation sites is 2. The monoisotopic (exact) mass is 298 g/mol. The van der Waals surface area contributed by atoms with Crippen LogP contribution in [0.4, 0.5) is 0 Å². The Bertz CT molecular complexity index is 521. The fourth-order valence-corrected chi connectivity index (χ4v) is 2.61. The lowest BCUT2D eigenvalue weighted by atomic mass is 10.1. The van der Waals surface area contributed by atoms with Crippen molar-refractivity contribution >= 4 is 0 Å². The zero-order valence-electron chi connectivity index (χ0n) is 14.1. The fraction of sp³-hybridized carbons (Fsp3) is 0.400. The number of hydrogen-bond acceptors (Lipinski definition) is 2. The molecule has 2 aromatic rings. The third kappa shape index (κ3) is 4.27. The summed E-state index contributed by atoms with van der Waals surface area (Å²) in [4.78, 5) is 0. The van der Waals surface area contributed by atoms with Gasteiger partial charge in [-0.3, -0.25) is 0 Å². The standard InChI is InChI=1S/C20H26O2/c1-15-9-7-10-16(2)19(15)21-13-5-6-14-22-20-17(3)11-8-12-18(20)4/h7-12H,5-6,13-14H2,1-4H3. The van der Waals surface area contributed by atoms with E-state index in [0.29, 0.717) is 0 Å². The van der Waals surface area contributed by atoms with E-state index < -0.39 is 0 Å². The van der Waals surface area contributed by atoms with E-state index in [1.54, 1.807) is 0 Å².